The Morgan fingerprint density at radius 1 is 1.19 bits per heavy atom. The predicted molar refractivity (Wildman–Crippen MR) is 77.7 cm³/mol. The van der Waals surface area contributed by atoms with E-state index < -0.39 is 24.5 Å². The molecule has 0 saturated heterocycles. The summed E-state index contributed by atoms with van der Waals surface area (Å²) in [4.78, 5) is 34.7. The first-order chi connectivity index (χ1) is 9.93. The molecule has 0 saturated carbocycles. The Bertz CT molecular complexity index is 511. The lowest BCUT2D eigenvalue weighted by Gasteiger charge is -2.13. The number of benzene rings is 1. The molecule has 1 rings (SSSR count). The Morgan fingerprint density at radius 2 is 1.81 bits per heavy atom. The van der Waals surface area contributed by atoms with Gasteiger partial charge in [0, 0.05) is 6.54 Å². The van der Waals surface area contributed by atoms with Gasteiger partial charge in [0.1, 0.15) is 6.04 Å². The van der Waals surface area contributed by atoms with Gasteiger partial charge < -0.3 is 15.4 Å². The molecule has 1 aromatic rings. The zero-order valence-corrected chi connectivity index (χ0v) is 12.4. The quantitative estimate of drug-likeness (QED) is 0.759. The standard InChI is InChI=1S/C15H20N2O4/c1-4-16-14(19)11(3)17-13(18)9-21-15(20)12-7-5-10(2)6-8-12/h5-8,11H,4,9H2,1-3H3,(H,16,19)(H,17,18)/t11-/m1/s1. The summed E-state index contributed by atoms with van der Waals surface area (Å²) in [6.07, 6.45) is 0. The van der Waals surface area contributed by atoms with Crippen LogP contribution >= 0.6 is 0 Å². The van der Waals surface area contributed by atoms with Crippen LogP contribution in [0.15, 0.2) is 24.3 Å². The highest BCUT2D eigenvalue weighted by Gasteiger charge is 2.16. The highest BCUT2D eigenvalue weighted by atomic mass is 16.5. The molecule has 114 valence electrons. The lowest BCUT2D eigenvalue weighted by Crippen LogP contribution is -2.46. The molecule has 0 fully saturated rings. The topological polar surface area (TPSA) is 84.5 Å². The first kappa shape index (κ1) is 16.7. The Kier molecular flexibility index (Phi) is 6.39. The molecule has 21 heavy (non-hydrogen) atoms. The number of amides is 2. The highest BCUT2D eigenvalue weighted by molar-refractivity contribution is 5.92. The minimum atomic E-state index is -0.671. The second-order valence-electron chi connectivity index (χ2n) is 4.63. The summed E-state index contributed by atoms with van der Waals surface area (Å²) in [5.41, 5.74) is 1.41. The number of carbonyl (C=O) groups excluding carboxylic acids is 3. The highest BCUT2D eigenvalue weighted by Crippen LogP contribution is 2.04. The predicted octanol–water partition coefficient (Wildman–Crippen LogP) is 0.793. The zero-order valence-electron chi connectivity index (χ0n) is 12.4. The van der Waals surface area contributed by atoms with Crippen LogP contribution in [-0.4, -0.2) is 37.0 Å². The number of carbonyl (C=O) groups is 3. The van der Waals surface area contributed by atoms with Crippen molar-refractivity contribution in [3.8, 4) is 0 Å². The van der Waals surface area contributed by atoms with Crippen LogP contribution in [0.2, 0.25) is 0 Å². The van der Waals surface area contributed by atoms with Crippen LogP contribution < -0.4 is 10.6 Å². The van der Waals surface area contributed by atoms with Gasteiger partial charge in [0.15, 0.2) is 6.61 Å². The van der Waals surface area contributed by atoms with Crippen molar-refractivity contribution in [1.29, 1.82) is 0 Å². The van der Waals surface area contributed by atoms with Crippen LogP contribution in [0.5, 0.6) is 0 Å². The molecule has 0 bridgehead atoms. The number of esters is 1. The van der Waals surface area contributed by atoms with Crippen LogP contribution in [0.1, 0.15) is 29.8 Å². The first-order valence-corrected chi connectivity index (χ1v) is 6.75. The number of hydrogen-bond donors (Lipinski definition) is 2. The van der Waals surface area contributed by atoms with Gasteiger partial charge in [0.05, 0.1) is 5.56 Å². The normalized spacial score (nSPS) is 11.4. The third kappa shape index (κ3) is 5.64. The molecule has 6 nitrogen and oxygen atoms in total. The molecule has 0 heterocycles. The molecular weight excluding hydrogens is 272 g/mol. The first-order valence-electron chi connectivity index (χ1n) is 6.75. The van der Waals surface area contributed by atoms with Crippen LogP contribution in [-0.2, 0) is 14.3 Å². The van der Waals surface area contributed by atoms with Crippen molar-refractivity contribution < 1.29 is 19.1 Å². The lowest BCUT2D eigenvalue weighted by atomic mass is 10.1. The number of rotatable bonds is 6. The molecule has 6 heteroatoms. The van der Waals surface area contributed by atoms with E-state index >= 15 is 0 Å². The largest absolute Gasteiger partial charge is 0.452 e. The van der Waals surface area contributed by atoms with Crippen molar-refractivity contribution in [3.05, 3.63) is 35.4 Å². The van der Waals surface area contributed by atoms with E-state index in [1.54, 1.807) is 38.1 Å². The molecule has 1 atom stereocenters. The minimum Gasteiger partial charge on any atom is -0.452 e. The van der Waals surface area contributed by atoms with Gasteiger partial charge in [-0.25, -0.2) is 4.79 Å². The van der Waals surface area contributed by atoms with E-state index in [0.717, 1.165) is 5.56 Å². The molecule has 0 aliphatic carbocycles. The van der Waals surface area contributed by atoms with E-state index in [0.29, 0.717) is 12.1 Å². The molecule has 0 aliphatic rings. The molecule has 0 radical (unpaired) electrons. The Hall–Kier alpha value is -2.37. The number of hydrogen-bond acceptors (Lipinski definition) is 4. The molecule has 0 aromatic heterocycles. The molecule has 1 aromatic carbocycles. The van der Waals surface area contributed by atoms with Crippen molar-refractivity contribution in [1.82, 2.24) is 10.6 Å². The van der Waals surface area contributed by atoms with Gasteiger partial charge in [-0.15, -0.1) is 0 Å². The average molecular weight is 292 g/mol. The summed E-state index contributed by atoms with van der Waals surface area (Å²) in [6.45, 7) is 5.32. The summed E-state index contributed by atoms with van der Waals surface area (Å²) >= 11 is 0. The summed E-state index contributed by atoms with van der Waals surface area (Å²) in [5, 5.41) is 5.04. The lowest BCUT2D eigenvalue weighted by molar-refractivity contribution is -0.130. The van der Waals surface area contributed by atoms with E-state index in [-0.39, 0.29) is 5.91 Å². The van der Waals surface area contributed by atoms with Gasteiger partial charge >= 0.3 is 5.97 Å². The van der Waals surface area contributed by atoms with Crippen LogP contribution in [0.4, 0.5) is 0 Å². The maximum atomic E-state index is 11.7. The summed E-state index contributed by atoms with van der Waals surface area (Å²) < 4.78 is 4.89. The van der Waals surface area contributed by atoms with Crippen LogP contribution in [0, 0.1) is 6.92 Å². The molecule has 0 spiro atoms. The van der Waals surface area contributed by atoms with Crippen molar-refractivity contribution in [2.45, 2.75) is 26.8 Å². The SMILES string of the molecule is CCNC(=O)[C@@H](C)NC(=O)COC(=O)c1ccc(C)cc1. The van der Waals surface area contributed by atoms with E-state index in [1.807, 2.05) is 6.92 Å². The van der Waals surface area contributed by atoms with Gasteiger partial charge in [-0.1, -0.05) is 17.7 Å². The zero-order chi connectivity index (χ0) is 15.8. The van der Waals surface area contributed by atoms with Gasteiger partial charge in [-0.2, -0.15) is 0 Å². The number of likely N-dealkylation sites (N-methyl/N-ethyl adjacent to an activating group) is 1. The van der Waals surface area contributed by atoms with Gasteiger partial charge in [0.2, 0.25) is 5.91 Å². The molecule has 0 aliphatic heterocycles. The van der Waals surface area contributed by atoms with Crippen molar-refractivity contribution in [2.75, 3.05) is 13.2 Å². The smallest absolute Gasteiger partial charge is 0.338 e. The van der Waals surface area contributed by atoms with Crippen molar-refractivity contribution >= 4 is 17.8 Å². The van der Waals surface area contributed by atoms with Crippen LogP contribution in [0.3, 0.4) is 0 Å². The van der Waals surface area contributed by atoms with Gasteiger partial charge in [-0.3, -0.25) is 9.59 Å². The number of nitrogens with one attached hydrogen (secondary N) is 2. The van der Waals surface area contributed by atoms with E-state index in [9.17, 15) is 14.4 Å². The molecular formula is C15H20N2O4. The third-order valence-corrected chi connectivity index (χ3v) is 2.74. The second-order valence-corrected chi connectivity index (χ2v) is 4.63. The molecule has 2 amide bonds. The van der Waals surface area contributed by atoms with E-state index in [2.05, 4.69) is 10.6 Å². The number of ether oxygens (including phenoxy) is 1. The summed E-state index contributed by atoms with van der Waals surface area (Å²) in [6, 6.07) is 6.16. The fourth-order valence-corrected chi connectivity index (χ4v) is 1.58. The monoisotopic (exact) mass is 292 g/mol. The Morgan fingerprint density at radius 3 is 2.38 bits per heavy atom. The Balaban J connectivity index is 2.40. The van der Waals surface area contributed by atoms with Gasteiger partial charge in [0.25, 0.3) is 5.91 Å². The maximum Gasteiger partial charge on any atom is 0.338 e. The van der Waals surface area contributed by atoms with Crippen molar-refractivity contribution in [2.24, 2.45) is 0 Å². The molecule has 0 unspecified atom stereocenters. The van der Waals surface area contributed by atoms with E-state index in [4.69, 9.17) is 4.74 Å². The number of aryl methyl sites for hydroxylation is 1. The summed E-state index contributed by atoms with van der Waals surface area (Å²) in [7, 11) is 0. The second kappa shape index (κ2) is 8.04. The van der Waals surface area contributed by atoms with E-state index in [1.165, 1.54) is 0 Å². The third-order valence-electron chi connectivity index (χ3n) is 2.74. The Labute approximate surface area is 123 Å². The average Bonchev–Trinajstić information content (AvgIpc) is 2.45. The van der Waals surface area contributed by atoms with Crippen LogP contribution in [0.25, 0.3) is 0 Å². The summed E-state index contributed by atoms with van der Waals surface area (Å²) in [5.74, 6) is -1.37. The molecule has 2 N–H and O–H groups in total. The fraction of sp³-hybridized carbons (Fsp3) is 0.400. The van der Waals surface area contributed by atoms with Gasteiger partial charge in [-0.05, 0) is 32.9 Å². The maximum absolute atomic E-state index is 11.7. The minimum absolute atomic E-state index is 0.282. The fourth-order valence-electron chi connectivity index (χ4n) is 1.58. The van der Waals surface area contributed by atoms with Crippen molar-refractivity contribution in [3.63, 3.8) is 0 Å².